The third-order valence-corrected chi connectivity index (χ3v) is 2.46. The van der Waals surface area contributed by atoms with Gasteiger partial charge in [0, 0.05) is 31.0 Å². The predicted octanol–water partition coefficient (Wildman–Crippen LogP) is 0.322. The molecule has 1 aromatic rings. The minimum atomic E-state index is 0.446. The van der Waals surface area contributed by atoms with Gasteiger partial charge in [-0.1, -0.05) is 0 Å². The molecule has 1 aromatic heterocycles. The molecule has 0 spiro atoms. The molecule has 1 saturated heterocycles. The van der Waals surface area contributed by atoms with Crippen molar-refractivity contribution in [1.29, 1.82) is 0 Å². The van der Waals surface area contributed by atoms with Gasteiger partial charge in [-0.2, -0.15) is 0 Å². The van der Waals surface area contributed by atoms with Gasteiger partial charge in [0.2, 0.25) is 5.95 Å². The number of hydrogen-bond donors (Lipinski definition) is 1. The van der Waals surface area contributed by atoms with Crippen LogP contribution in [0.4, 0.5) is 5.95 Å². The first-order valence-electron chi connectivity index (χ1n) is 4.57. The van der Waals surface area contributed by atoms with E-state index >= 15 is 0 Å². The Morgan fingerprint density at radius 2 is 2.54 bits per heavy atom. The van der Waals surface area contributed by atoms with E-state index in [0.717, 1.165) is 24.6 Å². The molecule has 2 heterocycles. The summed E-state index contributed by atoms with van der Waals surface area (Å²) >= 11 is 0. The molecule has 0 aliphatic carbocycles. The number of aromatic nitrogens is 2. The summed E-state index contributed by atoms with van der Waals surface area (Å²) in [6.45, 7) is 3.70. The van der Waals surface area contributed by atoms with Crippen LogP contribution in [0.5, 0.6) is 0 Å². The van der Waals surface area contributed by atoms with Crippen LogP contribution in [0.2, 0.25) is 0 Å². The normalized spacial score (nSPS) is 21.4. The molecule has 1 fully saturated rings. The average molecular weight is 178 g/mol. The van der Waals surface area contributed by atoms with Gasteiger partial charge in [-0.05, 0) is 19.4 Å². The van der Waals surface area contributed by atoms with E-state index in [2.05, 4.69) is 14.9 Å². The van der Waals surface area contributed by atoms with Crippen molar-refractivity contribution in [1.82, 2.24) is 9.97 Å². The number of aryl methyl sites for hydroxylation is 1. The smallest absolute Gasteiger partial charge is 0.225 e. The molecule has 0 aromatic carbocycles. The summed E-state index contributed by atoms with van der Waals surface area (Å²) in [5.74, 6) is 0.821. The Hall–Kier alpha value is -1.16. The number of rotatable bonds is 2. The summed E-state index contributed by atoms with van der Waals surface area (Å²) in [6, 6.07) is 2.35. The summed E-state index contributed by atoms with van der Waals surface area (Å²) in [4.78, 5) is 10.7. The van der Waals surface area contributed by atoms with Crippen LogP contribution in [-0.2, 0) is 0 Å². The quantitative estimate of drug-likeness (QED) is 0.708. The molecule has 0 radical (unpaired) electrons. The largest absolute Gasteiger partial charge is 0.336 e. The van der Waals surface area contributed by atoms with Crippen molar-refractivity contribution in [3.05, 3.63) is 18.0 Å². The Morgan fingerprint density at radius 1 is 1.69 bits per heavy atom. The van der Waals surface area contributed by atoms with Crippen LogP contribution in [0.3, 0.4) is 0 Å². The van der Waals surface area contributed by atoms with Crippen molar-refractivity contribution in [3.63, 3.8) is 0 Å². The molecule has 0 saturated carbocycles. The fraction of sp³-hybridized carbons (Fsp3) is 0.556. The Balaban J connectivity index is 2.16. The van der Waals surface area contributed by atoms with Gasteiger partial charge in [0.25, 0.3) is 0 Å². The van der Waals surface area contributed by atoms with Crippen LogP contribution in [0, 0.1) is 6.92 Å². The van der Waals surface area contributed by atoms with Crippen LogP contribution in [-0.4, -0.2) is 29.1 Å². The minimum Gasteiger partial charge on any atom is -0.336 e. The fourth-order valence-electron chi connectivity index (χ4n) is 1.52. The zero-order valence-electron chi connectivity index (χ0n) is 7.77. The van der Waals surface area contributed by atoms with Gasteiger partial charge < -0.3 is 10.6 Å². The van der Waals surface area contributed by atoms with Gasteiger partial charge in [0.05, 0.1) is 0 Å². The SMILES string of the molecule is Cc1ccnc(N2CCC2CN)n1. The minimum absolute atomic E-state index is 0.446. The Labute approximate surface area is 77.8 Å². The van der Waals surface area contributed by atoms with Gasteiger partial charge in [-0.25, -0.2) is 9.97 Å². The van der Waals surface area contributed by atoms with Crippen LogP contribution < -0.4 is 10.6 Å². The molecule has 70 valence electrons. The third-order valence-electron chi connectivity index (χ3n) is 2.46. The summed E-state index contributed by atoms with van der Waals surface area (Å²) < 4.78 is 0. The molecule has 0 bridgehead atoms. The molecular weight excluding hydrogens is 164 g/mol. The summed E-state index contributed by atoms with van der Waals surface area (Å²) in [6.07, 6.45) is 2.96. The van der Waals surface area contributed by atoms with E-state index in [0.29, 0.717) is 12.6 Å². The lowest BCUT2D eigenvalue weighted by Gasteiger charge is -2.40. The first-order chi connectivity index (χ1) is 6.31. The third kappa shape index (κ3) is 1.49. The first-order valence-corrected chi connectivity index (χ1v) is 4.57. The molecule has 2 N–H and O–H groups in total. The zero-order chi connectivity index (χ0) is 9.26. The lowest BCUT2D eigenvalue weighted by Crippen LogP contribution is -2.52. The second-order valence-electron chi connectivity index (χ2n) is 3.37. The molecule has 0 amide bonds. The number of hydrogen-bond acceptors (Lipinski definition) is 4. The molecule has 1 atom stereocenters. The average Bonchev–Trinajstić information content (AvgIpc) is 2.03. The van der Waals surface area contributed by atoms with Gasteiger partial charge in [-0.3, -0.25) is 0 Å². The summed E-state index contributed by atoms with van der Waals surface area (Å²) in [5, 5.41) is 0. The Bertz CT molecular complexity index is 297. The molecule has 2 rings (SSSR count). The van der Waals surface area contributed by atoms with Crippen molar-refractivity contribution in [2.24, 2.45) is 5.73 Å². The van der Waals surface area contributed by atoms with Crippen LogP contribution in [0.1, 0.15) is 12.1 Å². The van der Waals surface area contributed by atoms with E-state index in [4.69, 9.17) is 5.73 Å². The van der Waals surface area contributed by atoms with Crippen molar-refractivity contribution in [2.75, 3.05) is 18.0 Å². The monoisotopic (exact) mass is 178 g/mol. The highest BCUT2D eigenvalue weighted by molar-refractivity contribution is 5.36. The number of anilines is 1. The lowest BCUT2D eigenvalue weighted by atomic mass is 10.0. The van der Waals surface area contributed by atoms with Crippen molar-refractivity contribution >= 4 is 5.95 Å². The first kappa shape index (κ1) is 8.44. The van der Waals surface area contributed by atoms with Crippen molar-refractivity contribution in [2.45, 2.75) is 19.4 Å². The molecular formula is C9H14N4. The molecule has 1 aliphatic heterocycles. The van der Waals surface area contributed by atoms with Gasteiger partial charge in [0.15, 0.2) is 0 Å². The van der Waals surface area contributed by atoms with Gasteiger partial charge in [0.1, 0.15) is 0 Å². The second kappa shape index (κ2) is 3.30. The highest BCUT2D eigenvalue weighted by Gasteiger charge is 2.28. The molecule has 4 nitrogen and oxygen atoms in total. The van der Waals surface area contributed by atoms with E-state index in [1.807, 2.05) is 13.0 Å². The van der Waals surface area contributed by atoms with Crippen molar-refractivity contribution in [3.8, 4) is 0 Å². The van der Waals surface area contributed by atoms with E-state index in [-0.39, 0.29) is 0 Å². The maximum absolute atomic E-state index is 5.60. The Morgan fingerprint density at radius 3 is 3.08 bits per heavy atom. The van der Waals surface area contributed by atoms with E-state index < -0.39 is 0 Å². The van der Waals surface area contributed by atoms with Crippen molar-refractivity contribution < 1.29 is 0 Å². The Kier molecular flexibility index (Phi) is 2.14. The zero-order valence-corrected chi connectivity index (χ0v) is 7.77. The fourth-order valence-corrected chi connectivity index (χ4v) is 1.52. The van der Waals surface area contributed by atoms with E-state index in [1.165, 1.54) is 0 Å². The molecule has 1 aliphatic rings. The van der Waals surface area contributed by atoms with Crippen LogP contribution in [0.25, 0.3) is 0 Å². The highest BCUT2D eigenvalue weighted by atomic mass is 15.3. The summed E-state index contributed by atoms with van der Waals surface area (Å²) in [7, 11) is 0. The molecule has 13 heavy (non-hydrogen) atoms. The number of nitrogens with zero attached hydrogens (tertiary/aromatic N) is 3. The lowest BCUT2D eigenvalue weighted by molar-refractivity contribution is 0.446. The summed E-state index contributed by atoms with van der Waals surface area (Å²) in [5.41, 5.74) is 6.61. The van der Waals surface area contributed by atoms with Crippen LogP contribution >= 0.6 is 0 Å². The number of nitrogens with two attached hydrogens (primary N) is 1. The standard InChI is InChI=1S/C9H14N4/c1-7-2-4-11-9(12-7)13-5-3-8(13)6-10/h2,4,8H,3,5-6,10H2,1H3. The maximum atomic E-state index is 5.60. The maximum Gasteiger partial charge on any atom is 0.225 e. The second-order valence-corrected chi connectivity index (χ2v) is 3.37. The molecule has 1 unspecified atom stereocenters. The highest BCUT2D eigenvalue weighted by Crippen LogP contribution is 2.21. The van der Waals surface area contributed by atoms with Gasteiger partial charge >= 0.3 is 0 Å². The van der Waals surface area contributed by atoms with E-state index in [1.54, 1.807) is 6.20 Å². The van der Waals surface area contributed by atoms with Gasteiger partial charge in [-0.15, -0.1) is 0 Å². The topological polar surface area (TPSA) is 55.0 Å². The predicted molar refractivity (Wildman–Crippen MR) is 51.6 cm³/mol. The van der Waals surface area contributed by atoms with Crippen LogP contribution in [0.15, 0.2) is 12.3 Å². The van der Waals surface area contributed by atoms with E-state index in [9.17, 15) is 0 Å². The molecule has 4 heteroatoms.